The number of hydrogen-bond acceptors (Lipinski definition) is 5. The van der Waals surface area contributed by atoms with Crippen molar-refractivity contribution in [2.24, 2.45) is 0 Å². The molecule has 0 bridgehead atoms. The summed E-state index contributed by atoms with van der Waals surface area (Å²) in [5, 5.41) is 12.0. The SMILES string of the molecule is CCCCCCOC(=O)c1ccc(NC(=O)/C(C#N)=C/c2ccccc2OC)cc1. The molecule has 0 aliphatic carbocycles. The zero-order valence-electron chi connectivity index (χ0n) is 17.3. The summed E-state index contributed by atoms with van der Waals surface area (Å²) in [6.07, 6.45) is 5.62. The zero-order valence-corrected chi connectivity index (χ0v) is 17.3. The Morgan fingerprint density at radius 1 is 1.07 bits per heavy atom. The molecule has 1 N–H and O–H groups in total. The van der Waals surface area contributed by atoms with Gasteiger partial charge in [-0.3, -0.25) is 4.79 Å². The van der Waals surface area contributed by atoms with Gasteiger partial charge in [0.2, 0.25) is 0 Å². The van der Waals surface area contributed by atoms with Gasteiger partial charge in [0.15, 0.2) is 0 Å². The summed E-state index contributed by atoms with van der Waals surface area (Å²) in [4.78, 5) is 24.5. The lowest BCUT2D eigenvalue weighted by atomic mass is 10.1. The van der Waals surface area contributed by atoms with Gasteiger partial charge in [0.05, 0.1) is 19.3 Å². The van der Waals surface area contributed by atoms with Crippen molar-refractivity contribution in [2.75, 3.05) is 19.0 Å². The molecule has 0 atom stereocenters. The topological polar surface area (TPSA) is 88.4 Å². The van der Waals surface area contributed by atoms with E-state index in [1.54, 1.807) is 48.5 Å². The van der Waals surface area contributed by atoms with E-state index in [4.69, 9.17) is 9.47 Å². The maximum atomic E-state index is 12.5. The van der Waals surface area contributed by atoms with Crippen LogP contribution in [0.25, 0.3) is 6.08 Å². The van der Waals surface area contributed by atoms with Crippen LogP contribution in [0.3, 0.4) is 0 Å². The molecule has 0 radical (unpaired) electrons. The molecule has 0 aliphatic heterocycles. The lowest BCUT2D eigenvalue weighted by Gasteiger charge is -2.08. The van der Waals surface area contributed by atoms with E-state index in [1.165, 1.54) is 13.2 Å². The molecule has 2 aromatic rings. The largest absolute Gasteiger partial charge is 0.496 e. The van der Waals surface area contributed by atoms with Gasteiger partial charge in [-0.05, 0) is 42.8 Å². The van der Waals surface area contributed by atoms with E-state index < -0.39 is 11.9 Å². The number of carbonyl (C=O) groups is 2. The minimum atomic E-state index is -0.547. The molecule has 0 aliphatic rings. The van der Waals surface area contributed by atoms with E-state index >= 15 is 0 Å². The van der Waals surface area contributed by atoms with Gasteiger partial charge in [-0.1, -0.05) is 44.4 Å². The van der Waals surface area contributed by atoms with Crippen molar-refractivity contribution in [1.82, 2.24) is 0 Å². The van der Waals surface area contributed by atoms with Gasteiger partial charge in [-0.15, -0.1) is 0 Å². The summed E-state index contributed by atoms with van der Waals surface area (Å²) in [6.45, 7) is 2.52. The number of unbranched alkanes of at least 4 members (excludes halogenated alkanes) is 3. The summed E-state index contributed by atoms with van der Waals surface area (Å²) in [6, 6.07) is 15.4. The molecule has 156 valence electrons. The first-order chi connectivity index (χ1) is 14.6. The van der Waals surface area contributed by atoms with Crippen LogP contribution < -0.4 is 10.1 Å². The van der Waals surface area contributed by atoms with Gasteiger partial charge >= 0.3 is 5.97 Å². The zero-order chi connectivity index (χ0) is 21.8. The Morgan fingerprint density at radius 2 is 1.80 bits per heavy atom. The van der Waals surface area contributed by atoms with Crippen molar-refractivity contribution >= 4 is 23.6 Å². The third kappa shape index (κ3) is 6.78. The lowest BCUT2D eigenvalue weighted by Crippen LogP contribution is -2.14. The minimum absolute atomic E-state index is 0.0601. The molecular weight excluding hydrogens is 380 g/mol. The Morgan fingerprint density at radius 3 is 2.47 bits per heavy atom. The predicted molar refractivity (Wildman–Crippen MR) is 116 cm³/mol. The van der Waals surface area contributed by atoms with E-state index in [2.05, 4.69) is 12.2 Å². The fourth-order valence-electron chi connectivity index (χ4n) is 2.75. The molecule has 30 heavy (non-hydrogen) atoms. The van der Waals surface area contributed by atoms with Crippen LogP contribution in [0.15, 0.2) is 54.1 Å². The second-order valence-electron chi connectivity index (χ2n) is 6.64. The monoisotopic (exact) mass is 406 g/mol. The predicted octanol–water partition coefficient (Wildman–Crippen LogP) is 4.98. The van der Waals surface area contributed by atoms with Crippen LogP contribution in [0.4, 0.5) is 5.69 Å². The number of benzene rings is 2. The molecule has 0 saturated heterocycles. The number of hydrogen-bond donors (Lipinski definition) is 1. The number of rotatable bonds is 10. The third-order valence-corrected chi connectivity index (χ3v) is 4.41. The Labute approximate surface area is 177 Å². The molecule has 0 aromatic heterocycles. The molecule has 0 saturated carbocycles. The number of para-hydroxylation sites is 1. The van der Waals surface area contributed by atoms with Gasteiger partial charge < -0.3 is 14.8 Å². The maximum Gasteiger partial charge on any atom is 0.338 e. The molecule has 0 fully saturated rings. The number of carbonyl (C=O) groups excluding carboxylic acids is 2. The van der Waals surface area contributed by atoms with E-state index in [0.717, 1.165) is 25.7 Å². The fraction of sp³-hybridized carbons (Fsp3) is 0.292. The number of anilines is 1. The molecule has 2 aromatic carbocycles. The quantitative estimate of drug-likeness (QED) is 0.260. The number of nitriles is 1. The molecule has 0 heterocycles. The van der Waals surface area contributed by atoms with Crippen molar-refractivity contribution in [1.29, 1.82) is 5.26 Å². The van der Waals surface area contributed by atoms with Gasteiger partial charge in [-0.25, -0.2) is 4.79 Å². The molecule has 1 amide bonds. The van der Waals surface area contributed by atoms with Crippen LogP contribution in [0.1, 0.15) is 48.5 Å². The number of nitrogens with zero attached hydrogens (tertiary/aromatic N) is 1. The van der Waals surface area contributed by atoms with Crippen molar-refractivity contribution < 1.29 is 19.1 Å². The third-order valence-electron chi connectivity index (χ3n) is 4.41. The van der Waals surface area contributed by atoms with E-state index in [0.29, 0.717) is 29.2 Å². The summed E-state index contributed by atoms with van der Waals surface area (Å²) in [7, 11) is 1.52. The highest BCUT2D eigenvalue weighted by atomic mass is 16.5. The average molecular weight is 406 g/mol. The second-order valence-corrected chi connectivity index (χ2v) is 6.64. The number of ether oxygens (including phenoxy) is 2. The number of nitrogens with one attached hydrogen (secondary N) is 1. The standard InChI is InChI=1S/C24H26N2O4/c1-3-4-5-8-15-30-24(28)18-11-13-21(14-12-18)26-23(27)20(17-25)16-19-9-6-7-10-22(19)29-2/h6-7,9-14,16H,3-5,8,15H2,1-2H3,(H,26,27)/b20-16+. The van der Waals surface area contributed by atoms with Gasteiger partial charge in [0.25, 0.3) is 5.91 Å². The van der Waals surface area contributed by atoms with Crippen LogP contribution in [0.5, 0.6) is 5.75 Å². The highest BCUT2D eigenvalue weighted by Gasteiger charge is 2.12. The second kappa shape index (κ2) is 12.1. The molecular formula is C24H26N2O4. The van der Waals surface area contributed by atoms with Crippen LogP contribution in [-0.4, -0.2) is 25.6 Å². The summed E-state index contributed by atoms with van der Waals surface area (Å²) < 4.78 is 10.5. The molecule has 0 spiro atoms. The van der Waals surface area contributed by atoms with Gasteiger partial charge in [0, 0.05) is 11.3 Å². The Kier molecular flexibility index (Phi) is 9.14. The molecule has 6 nitrogen and oxygen atoms in total. The van der Waals surface area contributed by atoms with Crippen molar-refractivity contribution in [2.45, 2.75) is 32.6 Å². The van der Waals surface area contributed by atoms with Gasteiger partial charge in [0.1, 0.15) is 17.4 Å². The molecule has 0 unspecified atom stereocenters. The highest BCUT2D eigenvalue weighted by molar-refractivity contribution is 6.10. The fourth-order valence-corrected chi connectivity index (χ4v) is 2.75. The molecule has 2 rings (SSSR count). The summed E-state index contributed by atoms with van der Waals surface area (Å²) in [5.41, 5.74) is 1.45. The first-order valence-electron chi connectivity index (χ1n) is 9.92. The lowest BCUT2D eigenvalue weighted by molar-refractivity contribution is -0.112. The number of esters is 1. The maximum absolute atomic E-state index is 12.5. The first-order valence-corrected chi connectivity index (χ1v) is 9.92. The van der Waals surface area contributed by atoms with Crippen molar-refractivity contribution in [3.63, 3.8) is 0 Å². The summed E-state index contributed by atoms with van der Waals surface area (Å²) >= 11 is 0. The first kappa shape index (κ1) is 22.7. The number of methoxy groups -OCH3 is 1. The number of amides is 1. The van der Waals surface area contributed by atoms with E-state index in [-0.39, 0.29) is 5.57 Å². The highest BCUT2D eigenvalue weighted by Crippen LogP contribution is 2.21. The van der Waals surface area contributed by atoms with Gasteiger partial charge in [-0.2, -0.15) is 5.26 Å². The van der Waals surface area contributed by atoms with Crippen LogP contribution in [0, 0.1) is 11.3 Å². The smallest absolute Gasteiger partial charge is 0.338 e. The minimum Gasteiger partial charge on any atom is -0.496 e. The average Bonchev–Trinajstić information content (AvgIpc) is 2.77. The van der Waals surface area contributed by atoms with Crippen LogP contribution >= 0.6 is 0 Å². The Bertz CT molecular complexity index is 927. The van der Waals surface area contributed by atoms with Crippen LogP contribution in [0.2, 0.25) is 0 Å². The Hall–Kier alpha value is -3.59. The Balaban J connectivity index is 1.98. The van der Waals surface area contributed by atoms with Crippen LogP contribution in [-0.2, 0) is 9.53 Å². The summed E-state index contributed by atoms with van der Waals surface area (Å²) in [5.74, 6) is -0.372. The van der Waals surface area contributed by atoms with E-state index in [9.17, 15) is 14.9 Å². The van der Waals surface area contributed by atoms with Crippen molar-refractivity contribution in [3.05, 3.63) is 65.2 Å². The van der Waals surface area contributed by atoms with Crippen molar-refractivity contribution in [3.8, 4) is 11.8 Å². The normalized spacial score (nSPS) is 10.8. The van der Waals surface area contributed by atoms with E-state index in [1.807, 2.05) is 6.07 Å². The molecule has 6 heteroatoms.